The van der Waals surface area contributed by atoms with E-state index >= 15 is 0 Å². The lowest BCUT2D eigenvalue weighted by Gasteiger charge is -2.32. The number of nitrogens with zero attached hydrogens (tertiary/aromatic N) is 3. The first-order chi connectivity index (χ1) is 14.6. The molecule has 7 heteroatoms. The van der Waals surface area contributed by atoms with E-state index in [4.69, 9.17) is 9.47 Å². The van der Waals surface area contributed by atoms with Crippen molar-refractivity contribution in [3.05, 3.63) is 83.6 Å². The SMILES string of the molecule is COCc1ccc(C(=O)N2CCO[C@H](c3cncc(-c4cccc(F)c4)n3)C2)cc1. The third-order valence-corrected chi connectivity index (χ3v) is 4.97. The van der Waals surface area contributed by atoms with Gasteiger partial charge in [0.05, 0.1) is 43.5 Å². The van der Waals surface area contributed by atoms with Crippen molar-refractivity contribution in [2.45, 2.75) is 12.7 Å². The molecule has 1 atom stereocenters. The van der Waals surface area contributed by atoms with E-state index in [0.29, 0.717) is 48.8 Å². The van der Waals surface area contributed by atoms with E-state index in [2.05, 4.69) is 9.97 Å². The van der Waals surface area contributed by atoms with Crippen LogP contribution in [0, 0.1) is 5.82 Å². The van der Waals surface area contributed by atoms with E-state index in [1.54, 1.807) is 36.5 Å². The number of carbonyl (C=O) groups is 1. The molecule has 30 heavy (non-hydrogen) atoms. The van der Waals surface area contributed by atoms with Gasteiger partial charge in [-0.3, -0.25) is 9.78 Å². The van der Waals surface area contributed by atoms with Gasteiger partial charge in [0.15, 0.2) is 0 Å². The molecule has 1 aromatic heterocycles. The van der Waals surface area contributed by atoms with E-state index in [9.17, 15) is 9.18 Å². The van der Waals surface area contributed by atoms with Crippen LogP contribution in [-0.4, -0.2) is 47.6 Å². The van der Waals surface area contributed by atoms with Gasteiger partial charge in [0.1, 0.15) is 11.9 Å². The van der Waals surface area contributed by atoms with Gasteiger partial charge in [-0.05, 0) is 29.8 Å². The maximum atomic E-state index is 13.6. The van der Waals surface area contributed by atoms with Crippen LogP contribution in [-0.2, 0) is 16.1 Å². The molecule has 0 N–H and O–H groups in total. The highest BCUT2D eigenvalue weighted by atomic mass is 19.1. The molecule has 0 saturated carbocycles. The topological polar surface area (TPSA) is 64.5 Å². The molecule has 2 aromatic carbocycles. The summed E-state index contributed by atoms with van der Waals surface area (Å²) in [6.45, 7) is 1.80. The summed E-state index contributed by atoms with van der Waals surface area (Å²) in [6.07, 6.45) is 2.82. The van der Waals surface area contributed by atoms with Crippen LogP contribution in [0.25, 0.3) is 11.3 Å². The first-order valence-corrected chi connectivity index (χ1v) is 9.70. The first-order valence-electron chi connectivity index (χ1n) is 9.70. The highest BCUT2D eigenvalue weighted by Gasteiger charge is 2.27. The largest absolute Gasteiger partial charge is 0.380 e. The number of methoxy groups -OCH3 is 1. The molecule has 6 nitrogen and oxygen atoms in total. The second-order valence-corrected chi connectivity index (χ2v) is 7.08. The summed E-state index contributed by atoms with van der Waals surface area (Å²) >= 11 is 0. The van der Waals surface area contributed by atoms with Crippen molar-refractivity contribution in [1.29, 1.82) is 0 Å². The summed E-state index contributed by atoms with van der Waals surface area (Å²) in [7, 11) is 1.64. The Hall–Kier alpha value is -3.16. The summed E-state index contributed by atoms with van der Waals surface area (Å²) in [6, 6.07) is 13.6. The standard InChI is InChI=1S/C23H22FN3O3/c1-29-15-16-5-7-17(8-6-16)23(28)27-9-10-30-22(14-27)21-13-25-12-20(26-21)18-3-2-4-19(24)11-18/h2-8,11-13,22H,9-10,14-15H2,1H3/t22-/m0/s1. The number of benzene rings is 2. The number of rotatable bonds is 5. The van der Waals surface area contributed by atoms with Crippen LogP contribution < -0.4 is 0 Å². The Morgan fingerprint density at radius 2 is 2.07 bits per heavy atom. The van der Waals surface area contributed by atoms with E-state index < -0.39 is 6.10 Å². The third kappa shape index (κ3) is 4.53. The van der Waals surface area contributed by atoms with Crippen molar-refractivity contribution in [3.63, 3.8) is 0 Å². The van der Waals surface area contributed by atoms with Crippen molar-refractivity contribution in [3.8, 4) is 11.3 Å². The van der Waals surface area contributed by atoms with Gasteiger partial charge in [0.2, 0.25) is 0 Å². The summed E-state index contributed by atoms with van der Waals surface area (Å²) in [5.41, 5.74) is 3.45. The predicted octanol–water partition coefficient (Wildman–Crippen LogP) is 3.64. The van der Waals surface area contributed by atoms with E-state index in [0.717, 1.165) is 5.56 Å². The highest BCUT2D eigenvalue weighted by Crippen LogP contribution is 2.24. The van der Waals surface area contributed by atoms with Crippen molar-refractivity contribution >= 4 is 5.91 Å². The molecular formula is C23H22FN3O3. The van der Waals surface area contributed by atoms with Gasteiger partial charge in [-0.1, -0.05) is 24.3 Å². The molecule has 1 amide bonds. The first kappa shape index (κ1) is 20.1. The molecule has 0 unspecified atom stereocenters. The van der Waals surface area contributed by atoms with E-state index in [1.165, 1.54) is 12.1 Å². The van der Waals surface area contributed by atoms with Gasteiger partial charge in [-0.2, -0.15) is 0 Å². The molecule has 1 fully saturated rings. The quantitative estimate of drug-likeness (QED) is 0.646. The second-order valence-electron chi connectivity index (χ2n) is 7.08. The Kier molecular flexibility index (Phi) is 6.11. The zero-order valence-corrected chi connectivity index (χ0v) is 16.6. The lowest BCUT2D eigenvalue weighted by Crippen LogP contribution is -2.42. The molecule has 4 rings (SSSR count). The van der Waals surface area contributed by atoms with Gasteiger partial charge in [0, 0.05) is 24.8 Å². The van der Waals surface area contributed by atoms with Gasteiger partial charge < -0.3 is 14.4 Å². The predicted molar refractivity (Wildman–Crippen MR) is 109 cm³/mol. The monoisotopic (exact) mass is 407 g/mol. The fourth-order valence-electron chi connectivity index (χ4n) is 3.43. The van der Waals surface area contributed by atoms with Gasteiger partial charge in [0.25, 0.3) is 5.91 Å². The molecule has 3 aromatic rings. The van der Waals surface area contributed by atoms with Crippen molar-refractivity contribution < 1.29 is 18.7 Å². The maximum Gasteiger partial charge on any atom is 0.254 e. The molecule has 1 aliphatic heterocycles. The molecule has 1 aliphatic rings. The lowest BCUT2D eigenvalue weighted by molar-refractivity contribution is -0.0248. The number of aromatic nitrogens is 2. The fourth-order valence-corrected chi connectivity index (χ4v) is 3.43. The number of amides is 1. The molecule has 0 radical (unpaired) electrons. The molecule has 0 aliphatic carbocycles. The molecule has 1 saturated heterocycles. The van der Waals surface area contributed by atoms with Crippen molar-refractivity contribution in [2.24, 2.45) is 0 Å². The van der Waals surface area contributed by atoms with Crippen molar-refractivity contribution in [1.82, 2.24) is 14.9 Å². The van der Waals surface area contributed by atoms with Crippen LogP contribution in [0.4, 0.5) is 4.39 Å². The van der Waals surface area contributed by atoms with Crippen LogP contribution in [0.15, 0.2) is 60.9 Å². The van der Waals surface area contributed by atoms with E-state index in [1.807, 2.05) is 24.3 Å². The third-order valence-electron chi connectivity index (χ3n) is 4.97. The molecular weight excluding hydrogens is 385 g/mol. The lowest BCUT2D eigenvalue weighted by atomic mass is 10.1. The summed E-state index contributed by atoms with van der Waals surface area (Å²) < 4.78 is 24.5. The maximum absolute atomic E-state index is 13.6. The Morgan fingerprint density at radius 3 is 2.83 bits per heavy atom. The van der Waals surface area contributed by atoms with Gasteiger partial charge >= 0.3 is 0 Å². The number of hydrogen-bond donors (Lipinski definition) is 0. The van der Waals surface area contributed by atoms with Crippen molar-refractivity contribution in [2.75, 3.05) is 26.8 Å². The Bertz CT molecular complexity index is 1030. The second kappa shape index (κ2) is 9.11. The smallest absolute Gasteiger partial charge is 0.254 e. The average molecular weight is 407 g/mol. The van der Waals surface area contributed by atoms with Crippen LogP contribution in [0.1, 0.15) is 27.7 Å². The normalized spacial score (nSPS) is 16.5. The summed E-state index contributed by atoms with van der Waals surface area (Å²) in [4.78, 5) is 23.5. The number of hydrogen-bond acceptors (Lipinski definition) is 5. The highest BCUT2D eigenvalue weighted by molar-refractivity contribution is 5.94. The van der Waals surface area contributed by atoms with Gasteiger partial charge in [-0.15, -0.1) is 0 Å². The number of carbonyl (C=O) groups excluding carboxylic acids is 1. The minimum absolute atomic E-state index is 0.0542. The Morgan fingerprint density at radius 1 is 1.23 bits per heavy atom. The summed E-state index contributed by atoms with van der Waals surface area (Å²) in [5.74, 6) is -0.386. The Labute approximate surface area is 174 Å². The molecule has 154 valence electrons. The minimum Gasteiger partial charge on any atom is -0.380 e. The van der Waals surface area contributed by atoms with Crippen LogP contribution in [0.3, 0.4) is 0 Å². The van der Waals surface area contributed by atoms with Crippen LogP contribution in [0.2, 0.25) is 0 Å². The summed E-state index contributed by atoms with van der Waals surface area (Å²) in [5, 5.41) is 0. The fraction of sp³-hybridized carbons (Fsp3) is 0.261. The van der Waals surface area contributed by atoms with Gasteiger partial charge in [-0.25, -0.2) is 9.37 Å². The number of morpholine rings is 1. The van der Waals surface area contributed by atoms with E-state index in [-0.39, 0.29) is 11.7 Å². The van der Waals surface area contributed by atoms with Crippen LogP contribution >= 0.6 is 0 Å². The molecule has 0 spiro atoms. The number of ether oxygens (including phenoxy) is 2. The van der Waals surface area contributed by atoms with Crippen LogP contribution in [0.5, 0.6) is 0 Å². The zero-order chi connectivity index (χ0) is 20.9. The number of halogens is 1. The zero-order valence-electron chi connectivity index (χ0n) is 16.6. The Balaban J connectivity index is 1.50. The average Bonchev–Trinajstić information content (AvgIpc) is 2.79. The molecule has 0 bridgehead atoms. The minimum atomic E-state index is -0.392. The molecule has 2 heterocycles.